The molecule has 41 heavy (non-hydrogen) atoms. The van der Waals surface area contributed by atoms with Crippen molar-refractivity contribution in [3.63, 3.8) is 0 Å². The smallest absolute Gasteiger partial charge is 0.264 e. The Morgan fingerprint density at radius 2 is 1.56 bits per heavy atom. The van der Waals surface area contributed by atoms with Gasteiger partial charge in [-0.25, -0.2) is 8.42 Å². The Hall–Kier alpha value is -3.76. The molecule has 0 aliphatic carbocycles. The molecule has 0 bridgehead atoms. The van der Waals surface area contributed by atoms with Crippen LogP contribution >= 0.6 is 11.6 Å². The lowest BCUT2D eigenvalue weighted by Crippen LogP contribution is -2.53. The molecule has 3 aromatic carbocycles. The minimum atomic E-state index is -4.26. The predicted octanol–water partition coefficient (Wildman–Crippen LogP) is 4.88. The van der Waals surface area contributed by atoms with Gasteiger partial charge in [0.25, 0.3) is 10.0 Å². The predicted molar refractivity (Wildman–Crippen MR) is 160 cm³/mol. The van der Waals surface area contributed by atoms with E-state index in [4.69, 9.17) is 21.1 Å². The summed E-state index contributed by atoms with van der Waals surface area (Å²) in [6, 6.07) is 18.6. The molecule has 0 spiro atoms. The Labute approximate surface area is 247 Å². The SMILES string of the molecule is CCC(C(=O)NC(C)C)N(Cc1ccc(Cl)cc1)C(=O)CN(c1ccccc1)S(=O)(=O)c1ccc(OC)c(OC)c1. The largest absolute Gasteiger partial charge is 0.493 e. The van der Waals surface area contributed by atoms with Crippen LogP contribution in [0.2, 0.25) is 5.02 Å². The van der Waals surface area contributed by atoms with Gasteiger partial charge in [-0.2, -0.15) is 0 Å². The summed E-state index contributed by atoms with van der Waals surface area (Å²) in [5.74, 6) is -0.268. The Morgan fingerprint density at radius 1 is 0.927 bits per heavy atom. The van der Waals surface area contributed by atoms with Crippen LogP contribution in [0.1, 0.15) is 32.8 Å². The topological polar surface area (TPSA) is 105 Å². The average molecular weight is 602 g/mol. The molecule has 0 aliphatic rings. The van der Waals surface area contributed by atoms with Crippen LogP contribution in [0.15, 0.2) is 77.7 Å². The monoisotopic (exact) mass is 601 g/mol. The van der Waals surface area contributed by atoms with Gasteiger partial charge in [0, 0.05) is 23.7 Å². The van der Waals surface area contributed by atoms with E-state index in [0.717, 1.165) is 9.87 Å². The molecular weight excluding hydrogens is 566 g/mol. The maximum absolute atomic E-state index is 14.1. The van der Waals surface area contributed by atoms with E-state index < -0.39 is 28.5 Å². The summed E-state index contributed by atoms with van der Waals surface area (Å²) in [5, 5.41) is 3.41. The fourth-order valence-corrected chi connectivity index (χ4v) is 5.87. The van der Waals surface area contributed by atoms with Gasteiger partial charge in [0.15, 0.2) is 11.5 Å². The van der Waals surface area contributed by atoms with Crippen molar-refractivity contribution in [1.29, 1.82) is 0 Å². The number of para-hydroxylation sites is 1. The summed E-state index contributed by atoms with van der Waals surface area (Å²) in [6.07, 6.45) is 0.325. The molecule has 0 aromatic heterocycles. The average Bonchev–Trinajstić information content (AvgIpc) is 2.96. The first-order valence-electron chi connectivity index (χ1n) is 13.2. The zero-order valence-corrected chi connectivity index (χ0v) is 25.4. The maximum Gasteiger partial charge on any atom is 0.264 e. The highest BCUT2D eigenvalue weighted by Crippen LogP contribution is 2.32. The van der Waals surface area contributed by atoms with Gasteiger partial charge >= 0.3 is 0 Å². The van der Waals surface area contributed by atoms with E-state index in [-0.39, 0.29) is 29.1 Å². The fourth-order valence-electron chi connectivity index (χ4n) is 4.31. The number of carbonyl (C=O) groups excluding carboxylic acids is 2. The summed E-state index contributed by atoms with van der Waals surface area (Å²) in [6.45, 7) is 5.02. The second-order valence-electron chi connectivity index (χ2n) is 9.60. The highest BCUT2D eigenvalue weighted by atomic mass is 35.5. The van der Waals surface area contributed by atoms with Gasteiger partial charge in [0.1, 0.15) is 12.6 Å². The lowest BCUT2D eigenvalue weighted by Gasteiger charge is -2.33. The molecule has 0 fully saturated rings. The Morgan fingerprint density at radius 3 is 2.12 bits per heavy atom. The molecule has 220 valence electrons. The molecular formula is C30H36ClN3O6S. The van der Waals surface area contributed by atoms with Crippen LogP contribution in [0.25, 0.3) is 0 Å². The molecule has 0 aliphatic heterocycles. The van der Waals surface area contributed by atoms with E-state index >= 15 is 0 Å². The molecule has 9 nitrogen and oxygen atoms in total. The third kappa shape index (κ3) is 7.92. The quantitative estimate of drug-likeness (QED) is 0.299. The van der Waals surface area contributed by atoms with Crippen molar-refractivity contribution >= 4 is 39.1 Å². The Balaban J connectivity index is 2.07. The number of nitrogens with one attached hydrogen (secondary N) is 1. The first kappa shape index (κ1) is 31.8. The molecule has 0 saturated carbocycles. The van der Waals surface area contributed by atoms with Gasteiger partial charge < -0.3 is 19.7 Å². The molecule has 1 N–H and O–H groups in total. The van der Waals surface area contributed by atoms with Crippen molar-refractivity contribution in [3.8, 4) is 11.5 Å². The normalized spacial score (nSPS) is 12.0. The molecule has 0 radical (unpaired) electrons. The van der Waals surface area contributed by atoms with Crippen molar-refractivity contribution in [2.45, 2.75) is 50.7 Å². The van der Waals surface area contributed by atoms with Crippen molar-refractivity contribution in [3.05, 3.63) is 83.4 Å². The number of benzene rings is 3. The van der Waals surface area contributed by atoms with E-state index in [2.05, 4.69) is 5.32 Å². The van der Waals surface area contributed by atoms with E-state index in [1.54, 1.807) is 54.6 Å². The third-order valence-corrected chi connectivity index (χ3v) is 8.37. The summed E-state index contributed by atoms with van der Waals surface area (Å²) >= 11 is 6.06. The van der Waals surface area contributed by atoms with Crippen LogP contribution in [-0.2, 0) is 26.2 Å². The Kier molecular flexibility index (Phi) is 11.0. The van der Waals surface area contributed by atoms with Crippen molar-refractivity contribution in [2.75, 3.05) is 25.1 Å². The van der Waals surface area contributed by atoms with Crippen molar-refractivity contribution in [2.24, 2.45) is 0 Å². The second kappa shape index (κ2) is 14.2. The number of hydrogen-bond donors (Lipinski definition) is 1. The molecule has 2 amide bonds. The molecule has 1 atom stereocenters. The number of methoxy groups -OCH3 is 2. The molecule has 0 saturated heterocycles. The van der Waals surface area contributed by atoms with Crippen LogP contribution in [0.5, 0.6) is 11.5 Å². The lowest BCUT2D eigenvalue weighted by atomic mass is 10.1. The van der Waals surface area contributed by atoms with Gasteiger partial charge in [-0.05, 0) is 62.2 Å². The van der Waals surface area contributed by atoms with Gasteiger partial charge in [0.05, 0.1) is 24.8 Å². The summed E-state index contributed by atoms with van der Waals surface area (Å²) in [5.41, 5.74) is 1.04. The number of rotatable bonds is 13. The van der Waals surface area contributed by atoms with Gasteiger partial charge in [-0.15, -0.1) is 0 Å². The minimum absolute atomic E-state index is 0.0824. The summed E-state index contributed by atoms with van der Waals surface area (Å²) in [7, 11) is -1.39. The first-order chi connectivity index (χ1) is 19.5. The van der Waals surface area contributed by atoms with Crippen LogP contribution in [0.3, 0.4) is 0 Å². The number of sulfonamides is 1. The van der Waals surface area contributed by atoms with Crippen LogP contribution < -0.4 is 19.1 Å². The second-order valence-corrected chi connectivity index (χ2v) is 11.9. The number of carbonyl (C=O) groups is 2. The third-order valence-electron chi connectivity index (χ3n) is 6.35. The standard InChI is InChI=1S/C30H36ClN3O6S/c1-6-26(30(36)32-21(2)3)33(19-22-12-14-23(31)15-13-22)29(35)20-34(24-10-8-7-9-11-24)41(37,38)25-16-17-27(39-4)28(18-25)40-5/h7-18,21,26H,6,19-20H2,1-5H3,(H,32,36). The number of anilines is 1. The van der Waals surface area contributed by atoms with E-state index in [9.17, 15) is 18.0 Å². The van der Waals surface area contributed by atoms with E-state index in [1.807, 2.05) is 20.8 Å². The minimum Gasteiger partial charge on any atom is -0.493 e. The number of hydrogen-bond acceptors (Lipinski definition) is 6. The number of ether oxygens (including phenoxy) is 2. The van der Waals surface area contributed by atoms with Crippen LogP contribution in [0, 0.1) is 0 Å². The van der Waals surface area contributed by atoms with Crippen molar-refractivity contribution in [1.82, 2.24) is 10.2 Å². The maximum atomic E-state index is 14.1. The Bertz CT molecular complexity index is 1430. The highest BCUT2D eigenvalue weighted by molar-refractivity contribution is 7.92. The number of halogens is 1. The molecule has 0 heterocycles. The fraction of sp³-hybridized carbons (Fsp3) is 0.333. The highest BCUT2D eigenvalue weighted by Gasteiger charge is 2.34. The molecule has 3 aromatic rings. The van der Waals surface area contributed by atoms with Crippen LogP contribution in [-0.4, -0.2) is 58.0 Å². The van der Waals surface area contributed by atoms with Gasteiger partial charge in [-0.1, -0.05) is 48.9 Å². The summed E-state index contributed by atoms with van der Waals surface area (Å²) < 4.78 is 39.7. The molecule has 11 heteroatoms. The molecule has 3 rings (SSSR count). The number of nitrogens with zero attached hydrogens (tertiary/aromatic N) is 2. The molecule has 1 unspecified atom stereocenters. The van der Waals surface area contributed by atoms with E-state index in [0.29, 0.717) is 22.9 Å². The summed E-state index contributed by atoms with van der Waals surface area (Å²) in [4.78, 5) is 28.6. The zero-order valence-electron chi connectivity index (χ0n) is 23.8. The number of amides is 2. The van der Waals surface area contributed by atoms with Crippen molar-refractivity contribution < 1.29 is 27.5 Å². The van der Waals surface area contributed by atoms with E-state index in [1.165, 1.54) is 37.3 Å². The van der Waals surface area contributed by atoms with Crippen LogP contribution in [0.4, 0.5) is 5.69 Å². The van der Waals surface area contributed by atoms with Gasteiger partial charge in [0.2, 0.25) is 11.8 Å². The first-order valence-corrected chi connectivity index (χ1v) is 15.0. The zero-order chi connectivity index (χ0) is 30.2. The van der Waals surface area contributed by atoms with Gasteiger partial charge in [-0.3, -0.25) is 13.9 Å². The lowest BCUT2D eigenvalue weighted by molar-refractivity contribution is -0.140.